The molecule has 1 aliphatic rings. The van der Waals surface area contributed by atoms with Crippen molar-refractivity contribution in [3.8, 4) is 0 Å². The Morgan fingerprint density at radius 3 is 2.39 bits per heavy atom. The Balaban J connectivity index is 1.84. The first kappa shape index (κ1) is 20.6. The van der Waals surface area contributed by atoms with Gasteiger partial charge in [0.25, 0.3) is 0 Å². The average molecular weight is 401 g/mol. The number of nitrogens with one attached hydrogen (secondary N) is 1. The Kier molecular flexibility index (Phi) is 6.52. The van der Waals surface area contributed by atoms with Gasteiger partial charge in [-0.2, -0.15) is 4.31 Å². The topological polar surface area (TPSA) is 66.5 Å². The molecule has 1 unspecified atom stereocenters. The molecule has 0 spiro atoms. The molecule has 0 bridgehead atoms. The fraction of sp³-hybridized carbons (Fsp3) is 0.409. The van der Waals surface area contributed by atoms with Crippen molar-refractivity contribution in [1.29, 1.82) is 0 Å². The molecule has 1 fully saturated rings. The van der Waals surface area contributed by atoms with E-state index in [0.29, 0.717) is 25.2 Å². The van der Waals surface area contributed by atoms with E-state index in [1.54, 1.807) is 22.5 Å². The van der Waals surface area contributed by atoms with E-state index in [1.165, 1.54) is 0 Å². The molecular formula is C22H28N2O3S. The van der Waals surface area contributed by atoms with Crippen LogP contribution >= 0.6 is 0 Å². The molecule has 1 amide bonds. The lowest BCUT2D eigenvalue weighted by molar-refractivity contribution is -0.117. The molecule has 1 aliphatic heterocycles. The lowest BCUT2D eigenvalue weighted by atomic mass is 9.95. The van der Waals surface area contributed by atoms with Gasteiger partial charge in [0.05, 0.1) is 10.8 Å². The molecule has 0 aromatic heterocycles. The molecular weight excluding hydrogens is 372 g/mol. The second-order valence-electron chi connectivity index (χ2n) is 7.30. The standard InChI is InChI=1S/C22H28N2O3S/c1-3-20(18-10-6-4-7-11-18)22(25)23-21-16-19(13-12-17(21)2)28(26,27)24-14-8-5-9-15-24/h4,6-7,10-13,16,20H,3,5,8-9,14-15H2,1-2H3,(H,23,25). The number of carbonyl (C=O) groups excluding carboxylic acids is 1. The molecule has 2 aromatic rings. The van der Waals surface area contributed by atoms with Crippen LogP contribution in [-0.4, -0.2) is 31.7 Å². The smallest absolute Gasteiger partial charge is 0.243 e. The summed E-state index contributed by atoms with van der Waals surface area (Å²) in [5.41, 5.74) is 2.35. The zero-order valence-corrected chi connectivity index (χ0v) is 17.3. The van der Waals surface area contributed by atoms with Gasteiger partial charge in [-0.05, 0) is 49.4 Å². The summed E-state index contributed by atoms with van der Waals surface area (Å²) in [6, 6.07) is 14.6. The molecule has 3 rings (SSSR count). The van der Waals surface area contributed by atoms with Gasteiger partial charge in [0.2, 0.25) is 15.9 Å². The highest BCUT2D eigenvalue weighted by molar-refractivity contribution is 7.89. The minimum absolute atomic E-state index is 0.121. The number of hydrogen-bond donors (Lipinski definition) is 1. The number of anilines is 1. The summed E-state index contributed by atoms with van der Waals surface area (Å²) >= 11 is 0. The number of carbonyl (C=O) groups is 1. The predicted molar refractivity (Wildman–Crippen MR) is 112 cm³/mol. The van der Waals surface area contributed by atoms with Gasteiger partial charge in [0.15, 0.2) is 0 Å². The van der Waals surface area contributed by atoms with E-state index < -0.39 is 10.0 Å². The maximum atomic E-state index is 13.0. The fourth-order valence-electron chi connectivity index (χ4n) is 3.63. The number of sulfonamides is 1. The molecule has 1 saturated heterocycles. The molecule has 1 atom stereocenters. The van der Waals surface area contributed by atoms with Crippen molar-refractivity contribution >= 4 is 21.6 Å². The van der Waals surface area contributed by atoms with Gasteiger partial charge in [0.1, 0.15) is 0 Å². The van der Waals surface area contributed by atoms with Crippen molar-refractivity contribution in [1.82, 2.24) is 4.31 Å². The molecule has 0 saturated carbocycles. The van der Waals surface area contributed by atoms with Crippen LogP contribution in [0, 0.1) is 6.92 Å². The third-order valence-electron chi connectivity index (χ3n) is 5.35. The summed E-state index contributed by atoms with van der Waals surface area (Å²) in [5, 5.41) is 2.95. The quantitative estimate of drug-likeness (QED) is 0.786. The molecule has 1 heterocycles. The van der Waals surface area contributed by atoms with Crippen LogP contribution in [0.4, 0.5) is 5.69 Å². The second-order valence-corrected chi connectivity index (χ2v) is 9.24. The maximum Gasteiger partial charge on any atom is 0.243 e. The Hall–Kier alpha value is -2.18. The van der Waals surface area contributed by atoms with E-state index >= 15 is 0 Å². The highest BCUT2D eigenvalue weighted by Gasteiger charge is 2.27. The molecule has 1 N–H and O–H groups in total. The highest BCUT2D eigenvalue weighted by atomic mass is 32.2. The van der Waals surface area contributed by atoms with Gasteiger partial charge in [-0.3, -0.25) is 4.79 Å². The number of rotatable bonds is 6. The van der Waals surface area contributed by atoms with Gasteiger partial charge in [0, 0.05) is 18.8 Å². The Morgan fingerprint density at radius 1 is 1.07 bits per heavy atom. The number of aryl methyl sites for hydroxylation is 1. The molecule has 150 valence electrons. The molecule has 6 heteroatoms. The normalized spacial score (nSPS) is 16.5. The fourth-order valence-corrected chi connectivity index (χ4v) is 5.17. The molecule has 0 radical (unpaired) electrons. The summed E-state index contributed by atoms with van der Waals surface area (Å²) in [4.78, 5) is 13.1. The maximum absolute atomic E-state index is 13.0. The predicted octanol–water partition coefficient (Wildman–Crippen LogP) is 4.30. The van der Waals surface area contributed by atoms with E-state index in [9.17, 15) is 13.2 Å². The van der Waals surface area contributed by atoms with Crippen molar-refractivity contribution in [2.45, 2.75) is 50.3 Å². The minimum atomic E-state index is -3.53. The van der Waals surface area contributed by atoms with Gasteiger partial charge in [-0.25, -0.2) is 8.42 Å². The summed E-state index contributed by atoms with van der Waals surface area (Å²) < 4.78 is 27.5. The van der Waals surface area contributed by atoms with Crippen LogP contribution < -0.4 is 5.32 Å². The molecule has 28 heavy (non-hydrogen) atoms. The number of hydrogen-bond acceptors (Lipinski definition) is 3. The summed E-state index contributed by atoms with van der Waals surface area (Å²) in [6.07, 6.45) is 3.52. The number of benzene rings is 2. The third kappa shape index (κ3) is 4.45. The Bertz CT molecular complexity index is 920. The van der Waals surface area contributed by atoms with Gasteiger partial charge >= 0.3 is 0 Å². The Labute approximate surface area is 167 Å². The number of amides is 1. The summed E-state index contributed by atoms with van der Waals surface area (Å²) in [7, 11) is -3.53. The van der Waals surface area contributed by atoms with E-state index in [-0.39, 0.29) is 16.7 Å². The zero-order valence-electron chi connectivity index (χ0n) is 16.5. The van der Waals surface area contributed by atoms with Crippen molar-refractivity contribution < 1.29 is 13.2 Å². The highest BCUT2D eigenvalue weighted by Crippen LogP contribution is 2.27. The summed E-state index contributed by atoms with van der Waals surface area (Å²) in [5.74, 6) is -0.396. The van der Waals surface area contributed by atoms with Crippen LogP contribution in [0.2, 0.25) is 0 Å². The SMILES string of the molecule is CCC(C(=O)Nc1cc(S(=O)(=O)N2CCCCC2)ccc1C)c1ccccc1. The summed E-state index contributed by atoms with van der Waals surface area (Å²) in [6.45, 7) is 4.96. The largest absolute Gasteiger partial charge is 0.325 e. The van der Waals surface area contributed by atoms with Crippen LogP contribution in [0.3, 0.4) is 0 Å². The molecule has 0 aliphatic carbocycles. The van der Waals surface area contributed by atoms with E-state index in [1.807, 2.05) is 44.2 Å². The van der Waals surface area contributed by atoms with Crippen LogP contribution in [0.5, 0.6) is 0 Å². The first-order valence-electron chi connectivity index (χ1n) is 9.90. The number of piperidine rings is 1. The van der Waals surface area contributed by atoms with Crippen molar-refractivity contribution in [3.63, 3.8) is 0 Å². The van der Waals surface area contributed by atoms with E-state index in [0.717, 1.165) is 30.4 Å². The Morgan fingerprint density at radius 2 is 1.75 bits per heavy atom. The molecule has 5 nitrogen and oxygen atoms in total. The zero-order chi connectivity index (χ0) is 20.1. The van der Waals surface area contributed by atoms with E-state index in [2.05, 4.69) is 5.32 Å². The average Bonchev–Trinajstić information content (AvgIpc) is 2.71. The van der Waals surface area contributed by atoms with Crippen molar-refractivity contribution in [3.05, 3.63) is 59.7 Å². The first-order chi connectivity index (χ1) is 13.4. The third-order valence-corrected chi connectivity index (χ3v) is 7.24. The van der Waals surface area contributed by atoms with Gasteiger partial charge in [-0.1, -0.05) is 49.7 Å². The van der Waals surface area contributed by atoms with Crippen LogP contribution in [0.25, 0.3) is 0 Å². The lowest BCUT2D eigenvalue weighted by Crippen LogP contribution is -2.35. The van der Waals surface area contributed by atoms with Crippen LogP contribution in [0.15, 0.2) is 53.4 Å². The van der Waals surface area contributed by atoms with Crippen LogP contribution in [-0.2, 0) is 14.8 Å². The van der Waals surface area contributed by atoms with Crippen LogP contribution in [0.1, 0.15) is 49.7 Å². The monoisotopic (exact) mass is 400 g/mol. The second kappa shape index (κ2) is 8.88. The molecule has 2 aromatic carbocycles. The van der Waals surface area contributed by atoms with Gasteiger partial charge < -0.3 is 5.32 Å². The first-order valence-corrected chi connectivity index (χ1v) is 11.3. The van der Waals surface area contributed by atoms with E-state index in [4.69, 9.17) is 0 Å². The van der Waals surface area contributed by atoms with Crippen molar-refractivity contribution in [2.24, 2.45) is 0 Å². The lowest BCUT2D eigenvalue weighted by Gasteiger charge is -2.26. The van der Waals surface area contributed by atoms with Crippen molar-refractivity contribution in [2.75, 3.05) is 18.4 Å². The number of nitrogens with zero attached hydrogens (tertiary/aromatic N) is 1. The van der Waals surface area contributed by atoms with Gasteiger partial charge in [-0.15, -0.1) is 0 Å². The minimum Gasteiger partial charge on any atom is -0.325 e.